The van der Waals surface area contributed by atoms with E-state index in [1.165, 1.54) is 7.11 Å². The molecule has 0 amide bonds. The van der Waals surface area contributed by atoms with E-state index >= 15 is 0 Å². The number of aryl methyl sites for hydroxylation is 1. The van der Waals surface area contributed by atoms with Crippen LogP contribution in [0, 0.1) is 6.92 Å². The molecule has 5 nitrogen and oxygen atoms in total. The van der Waals surface area contributed by atoms with Gasteiger partial charge in [-0.1, -0.05) is 6.07 Å². The topological polar surface area (TPSA) is 64.4 Å². The van der Waals surface area contributed by atoms with E-state index in [4.69, 9.17) is 9.15 Å². The highest BCUT2D eigenvalue weighted by Gasteiger charge is 2.15. The standard InChI is InChI=1S/C15H18N2O3/c1-10(12-5-4-6-16-8-12)17-9-13-7-14(11(2)20-13)15(18)19-3/h4-8,10,17H,9H2,1-3H3/t10-/m1/s1. The van der Waals surface area contributed by atoms with E-state index in [0.717, 1.165) is 5.56 Å². The minimum atomic E-state index is -0.377. The van der Waals surface area contributed by atoms with Crippen LogP contribution in [0.2, 0.25) is 0 Å². The van der Waals surface area contributed by atoms with Crippen LogP contribution in [-0.4, -0.2) is 18.1 Å². The van der Waals surface area contributed by atoms with Gasteiger partial charge in [0, 0.05) is 18.4 Å². The Morgan fingerprint density at radius 1 is 1.55 bits per heavy atom. The first-order valence-electron chi connectivity index (χ1n) is 6.42. The number of furan rings is 1. The number of rotatable bonds is 5. The van der Waals surface area contributed by atoms with Crippen molar-refractivity contribution in [2.24, 2.45) is 0 Å². The summed E-state index contributed by atoms with van der Waals surface area (Å²) in [5.41, 5.74) is 1.57. The van der Waals surface area contributed by atoms with Crippen LogP contribution in [0.1, 0.15) is 40.4 Å². The van der Waals surface area contributed by atoms with Crippen molar-refractivity contribution in [1.29, 1.82) is 0 Å². The lowest BCUT2D eigenvalue weighted by Gasteiger charge is -2.12. The Labute approximate surface area is 118 Å². The Morgan fingerprint density at radius 2 is 2.35 bits per heavy atom. The molecule has 20 heavy (non-hydrogen) atoms. The van der Waals surface area contributed by atoms with Gasteiger partial charge in [-0.15, -0.1) is 0 Å². The Morgan fingerprint density at radius 3 is 3.00 bits per heavy atom. The van der Waals surface area contributed by atoms with Gasteiger partial charge >= 0.3 is 5.97 Å². The Kier molecular flexibility index (Phi) is 4.53. The number of nitrogens with zero attached hydrogens (tertiary/aromatic N) is 1. The molecule has 0 saturated heterocycles. The zero-order chi connectivity index (χ0) is 14.5. The average molecular weight is 274 g/mol. The van der Waals surface area contributed by atoms with Crippen molar-refractivity contribution in [2.75, 3.05) is 7.11 Å². The molecule has 0 bridgehead atoms. The fraction of sp³-hybridized carbons (Fsp3) is 0.333. The number of hydrogen-bond acceptors (Lipinski definition) is 5. The summed E-state index contributed by atoms with van der Waals surface area (Å²) < 4.78 is 10.2. The highest BCUT2D eigenvalue weighted by molar-refractivity contribution is 5.90. The van der Waals surface area contributed by atoms with E-state index < -0.39 is 0 Å². The minimum Gasteiger partial charge on any atom is -0.465 e. The summed E-state index contributed by atoms with van der Waals surface area (Å²) in [4.78, 5) is 15.6. The van der Waals surface area contributed by atoms with E-state index in [0.29, 0.717) is 23.6 Å². The largest absolute Gasteiger partial charge is 0.465 e. The fourth-order valence-corrected chi connectivity index (χ4v) is 1.95. The number of pyridine rings is 1. The first-order chi connectivity index (χ1) is 9.61. The second kappa shape index (κ2) is 6.34. The molecule has 0 aliphatic carbocycles. The van der Waals surface area contributed by atoms with Gasteiger partial charge in [-0.2, -0.15) is 0 Å². The minimum absolute atomic E-state index is 0.149. The Balaban J connectivity index is 1.99. The molecule has 2 heterocycles. The van der Waals surface area contributed by atoms with Gasteiger partial charge in [0.1, 0.15) is 17.1 Å². The second-order valence-electron chi connectivity index (χ2n) is 4.56. The molecule has 0 saturated carbocycles. The molecule has 0 aliphatic rings. The molecule has 1 atom stereocenters. The van der Waals surface area contributed by atoms with Crippen LogP contribution in [0.3, 0.4) is 0 Å². The van der Waals surface area contributed by atoms with Crippen molar-refractivity contribution in [3.05, 3.63) is 53.2 Å². The monoisotopic (exact) mass is 274 g/mol. The van der Waals surface area contributed by atoms with Crippen LogP contribution < -0.4 is 5.32 Å². The summed E-state index contributed by atoms with van der Waals surface area (Å²) in [6, 6.07) is 5.78. The number of methoxy groups -OCH3 is 1. The van der Waals surface area contributed by atoms with Gasteiger partial charge in [0.2, 0.25) is 0 Å². The number of carbonyl (C=O) groups is 1. The van der Waals surface area contributed by atoms with E-state index in [-0.39, 0.29) is 12.0 Å². The van der Waals surface area contributed by atoms with Crippen molar-refractivity contribution >= 4 is 5.97 Å². The second-order valence-corrected chi connectivity index (χ2v) is 4.56. The summed E-state index contributed by atoms with van der Waals surface area (Å²) in [6.45, 7) is 4.34. The third-order valence-corrected chi connectivity index (χ3v) is 3.14. The van der Waals surface area contributed by atoms with E-state index in [2.05, 4.69) is 10.3 Å². The van der Waals surface area contributed by atoms with Crippen LogP contribution in [0.4, 0.5) is 0 Å². The average Bonchev–Trinajstić information content (AvgIpc) is 2.86. The highest BCUT2D eigenvalue weighted by Crippen LogP contribution is 2.17. The number of aromatic nitrogens is 1. The summed E-state index contributed by atoms with van der Waals surface area (Å²) in [7, 11) is 1.36. The predicted octanol–water partition coefficient (Wildman–Crippen LogP) is 2.62. The molecule has 0 aromatic carbocycles. The third-order valence-electron chi connectivity index (χ3n) is 3.14. The quantitative estimate of drug-likeness (QED) is 0.849. The van der Waals surface area contributed by atoms with Gasteiger partial charge in [0.25, 0.3) is 0 Å². The van der Waals surface area contributed by atoms with Crippen molar-refractivity contribution in [3.63, 3.8) is 0 Å². The molecular weight excluding hydrogens is 256 g/mol. The summed E-state index contributed by atoms with van der Waals surface area (Å²) >= 11 is 0. The van der Waals surface area contributed by atoms with Gasteiger partial charge in [-0.05, 0) is 31.5 Å². The van der Waals surface area contributed by atoms with Crippen LogP contribution in [0.5, 0.6) is 0 Å². The molecule has 0 aliphatic heterocycles. The predicted molar refractivity (Wildman–Crippen MR) is 74.3 cm³/mol. The lowest BCUT2D eigenvalue weighted by atomic mass is 10.1. The van der Waals surface area contributed by atoms with Gasteiger partial charge in [-0.25, -0.2) is 4.79 Å². The van der Waals surface area contributed by atoms with Crippen LogP contribution >= 0.6 is 0 Å². The van der Waals surface area contributed by atoms with Crippen molar-refractivity contribution in [1.82, 2.24) is 10.3 Å². The maximum atomic E-state index is 11.5. The number of carbonyl (C=O) groups excluding carboxylic acids is 1. The molecule has 2 aromatic rings. The van der Waals surface area contributed by atoms with E-state index in [1.807, 2.05) is 25.3 Å². The Hall–Kier alpha value is -2.14. The molecule has 2 rings (SSSR count). The normalized spacial score (nSPS) is 12.2. The van der Waals surface area contributed by atoms with Gasteiger partial charge in [0.05, 0.1) is 13.7 Å². The molecule has 0 spiro atoms. The Bertz CT molecular complexity index is 578. The number of ether oxygens (including phenoxy) is 1. The van der Waals surface area contributed by atoms with Crippen LogP contribution in [-0.2, 0) is 11.3 Å². The van der Waals surface area contributed by atoms with Crippen molar-refractivity contribution in [2.45, 2.75) is 26.4 Å². The number of nitrogens with one attached hydrogen (secondary N) is 1. The summed E-state index contributed by atoms with van der Waals surface area (Å²) in [5, 5.41) is 3.33. The summed E-state index contributed by atoms with van der Waals surface area (Å²) in [6.07, 6.45) is 3.57. The van der Waals surface area contributed by atoms with E-state index in [9.17, 15) is 4.79 Å². The maximum Gasteiger partial charge on any atom is 0.341 e. The van der Waals surface area contributed by atoms with Gasteiger partial charge < -0.3 is 14.5 Å². The molecule has 2 aromatic heterocycles. The van der Waals surface area contributed by atoms with Crippen molar-refractivity contribution in [3.8, 4) is 0 Å². The highest BCUT2D eigenvalue weighted by atomic mass is 16.5. The number of esters is 1. The van der Waals surface area contributed by atoms with E-state index in [1.54, 1.807) is 19.2 Å². The van der Waals surface area contributed by atoms with Crippen LogP contribution in [0.15, 0.2) is 35.0 Å². The molecule has 5 heteroatoms. The summed E-state index contributed by atoms with van der Waals surface area (Å²) in [5.74, 6) is 0.902. The molecule has 1 N–H and O–H groups in total. The van der Waals surface area contributed by atoms with Gasteiger partial charge in [-0.3, -0.25) is 4.98 Å². The zero-order valence-corrected chi connectivity index (χ0v) is 11.8. The first-order valence-corrected chi connectivity index (χ1v) is 6.42. The molecular formula is C15H18N2O3. The third kappa shape index (κ3) is 3.24. The zero-order valence-electron chi connectivity index (χ0n) is 11.8. The fourth-order valence-electron chi connectivity index (χ4n) is 1.95. The molecule has 0 unspecified atom stereocenters. The molecule has 0 fully saturated rings. The lowest BCUT2D eigenvalue weighted by molar-refractivity contribution is 0.0599. The van der Waals surface area contributed by atoms with Crippen LogP contribution in [0.25, 0.3) is 0 Å². The molecule has 0 radical (unpaired) electrons. The van der Waals surface area contributed by atoms with Crippen molar-refractivity contribution < 1.29 is 13.9 Å². The maximum absolute atomic E-state index is 11.5. The lowest BCUT2D eigenvalue weighted by Crippen LogP contribution is -2.17. The SMILES string of the molecule is COC(=O)c1cc(CN[C@H](C)c2cccnc2)oc1C. The first kappa shape index (κ1) is 14.3. The molecule has 106 valence electrons. The number of hydrogen-bond donors (Lipinski definition) is 1. The smallest absolute Gasteiger partial charge is 0.341 e. The van der Waals surface area contributed by atoms with Gasteiger partial charge in [0.15, 0.2) is 0 Å².